The van der Waals surface area contributed by atoms with Gasteiger partial charge in [0.1, 0.15) is 0 Å². The van der Waals surface area contributed by atoms with Crippen molar-refractivity contribution >= 4 is 45.3 Å². The van der Waals surface area contributed by atoms with Crippen molar-refractivity contribution in [1.82, 2.24) is 4.98 Å². The van der Waals surface area contributed by atoms with Crippen LogP contribution in [0.3, 0.4) is 0 Å². The minimum absolute atomic E-state index is 0.421. The number of thiazole rings is 1. The quantitative estimate of drug-likeness (QED) is 0.860. The van der Waals surface area contributed by atoms with Crippen LogP contribution in [0.2, 0.25) is 0 Å². The fourth-order valence-corrected chi connectivity index (χ4v) is 3.51. The Morgan fingerprint density at radius 2 is 2.27 bits per heavy atom. The molecule has 2 heterocycles. The molecule has 0 aliphatic heterocycles. The molecule has 0 fully saturated rings. The summed E-state index contributed by atoms with van der Waals surface area (Å²) in [4.78, 5) is 4.34. The molecule has 0 radical (unpaired) electrons. The average molecular weight is 351 g/mol. The number of hydrogen-bond donors (Lipinski definition) is 1. The lowest BCUT2D eigenvalue weighted by Crippen LogP contribution is -1.99. The first-order valence-electron chi connectivity index (χ1n) is 4.48. The first kappa shape index (κ1) is 11.5. The van der Waals surface area contributed by atoms with Crippen molar-refractivity contribution < 1.29 is 5.11 Å². The third-order valence-corrected chi connectivity index (χ3v) is 4.80. The molecule has 1 unspecified atom stereocenters. The molecule has 1 atom stereocenters. The second-order valence-electron chi connectivity index (χ2n) is 3.29. The summed E-state index contributed by atoms with van der Waals surface area (Å²) in [6.45, 7) is 1.97. The van der Waals surface area contributed by atoms with Crippen LogP contribution in [0, 0.1) is 9.81 Å². The van der Waals surface area contributed by atoms with E-state index in [1.807, 2.05) is 23.8 Å². The average Bonchev–Trinajstić information content (AvgIpc) is 2.75. The van der Waals surface area contributed by atoms with E-state index in [0.717, 1.165) is 16.3 Å². The molecule has 5 heteroatoms. The van der Waals surface area contributed by atoms with E-state index in [1.54, 1.807) is 22.7 Å². The van der Waals surface area contributed by atoms with Gasteiger partial charge in [-0.15, -0.1) is 22.7 Å². The van der Waals surface area contributed by atoms with Crippen LogP contribution in [0.5, 0.6) is 0 Å². The Bertz CT molecular complexity index is 452. The van der Waals surface area contributed by atoms with Crippen LogP contribution in [-0.4, -0.2) is 10.1 Å². The lowest BCUT2D eigenvalue weighted by atomic mass is 10.1. The minimum Gasteiger partial charge on any atom is -0.388 e. The highest BCUT2D eigenvalue weighted by Crippen LogP contribution is 2.25. The number of aryl methyl sites for hydroxylation is 1. The molecular weight excluding hydrogens is 341 g/mol. The molecule has 0 spiro atoms. The zero-order valence-corrected chi connectivity index (χ0v) is 11.9. The highest BCUT2D eigenvalue weighted by molar-refractivity contribution is 14.1. The monoisotopic (exact) mass is 351 g/mol. The maximum absolute atomic E-state index is 9.97. The molecule has 0 aliphatic carbocycles. The van der Waals surface area contributed by atoms with Crippen LogP contribution in [-0.2, 0) is 6.42 Å². The molecule has 0 amide bonds. The van der Waals surface area contributed by atoms with Gasteiger partial charge in [-0.2, -0.15) is 0 Å². The number of nitrogens with zero attached hydrogens (tertiary/aromatic N) is 1. The van der Waals surface area contributed by atoms with Crippen LogP contribution in [0.25, 0.3) is 0 Å². The predicted molar refractivity (Wildman–Crippen MR) is 72.6 cm³/mol. The van der Waals surface area contributed by atoms with Crippen molar-refractivity contribution in [3.8, 4) is 0 Å². The zero-order valence-electron chi connectivity index (χ0n) is 8.11. The molecule has 0 bridgehead atoms. The zero-order chi connectivity index (χ0) is 10.8. The van der Waals surface area contributed by atoms with Crippen molar-refractivity contribution in [2.24, 2.45) is 0 Å². The lowest BCUT2D eigenvalue weighted by molar-refractivity contribution is 0.179. The van der Waals surface area contributed by atoms with E-state index >= 15 is 0 Å². The summed E-state index contributed by atoms with van der Waals surface area (Å²) in [6.07, 6.45) is 0.195. The highest BCUT2D eigenvalue weighted by Gasteiger charge is 2.12. The number of rotatable bonds is 3. The first-order chi connectivity index (χ1) is 7.15. The Morgan fingerprint density at radius 1 is 1.47 bits per heavy atom. The van der Waals surface area contributed by atoms with E-state index in [1.165, 1.54) is 2.88 Å². The molecule has 80 valence electrons. The highest BCUT2D eigenvalue weighted by atomic mass is 127. The van der Waals surface area contributed by atoms with E-state index in [2.05, 4.69) is 27.6 Å². The largest absolute Gasteiger partial charge is 0.388 e. The number of aromatic nitrogens is 1. The normalized spacial score (nSPS) is 13.0. The van der Waals surface area contributed by atoms with E-state index in [-0.39, 0.29) is 0 Å². The van der Waals surface area contributed by atoms with Gasteiger partial charge in [-0.3, -0.25) is 0 Å². The van der Waals surface area contributed by atoms with E-state index in [9.17, 15) is 5.11 Å². The number of aliphatic hydroxyl groups excluding tert-OH is 1. The number of halogens is 1. The van der Waals surface area contributed by atoms with Crippen LogP contribution in [0.4, 0.5) is 0 Å². The van der Waals surface area contributed by atoms with Crippen molar-refractivity contribution in [2.45, 2.75) is 19.4 Å². The Morgan fingerprint density at radius 3 is 2.80 bits per heavy atom. The molecule has 0 saturated heterocycles. The van der Waals surface area contributed by atoms with Crippen LogP contribution in [0.1, 0.15) is 22.4 Å². The van der Waals surface area contributed by atoms with Gasteiger partial charge in [0.15, 0.2) is 0 Å². The Kier molecular flexibility index (Phi) is 3.76. The van der Waals surface area contributed by atoms with Gasteiger partial charge < -0.3 is 5.11 Å². The second-order valence-corrected chi connectivity index (χ2v) is 7.03. The van der Waals surface area contributed by atoms with E-state index in [0.29, 0.717) is 6.42 Å². The SMILES string of the molecule is Cc1csc(CC(O)c2csc(I)c2)n1. The summed E-state index contributed by atoms with van der Waals surface area (Å²) in [5.41, 5.74) is 2.03. The molecule has 0 aromatic carbocycles. The maximum Gasteiger partial charge on any atom is 0.0957 e. The maximum atomic E-state index is 9.97. The van der Waals surface area contributed by atoms with E-state index in [4.69, 9.17) is 0 Å². The number of thiophene rings is 1. The van der Waals surface area contributed by atoms with Gasteiger partial charge in [-0.25, -0.2) is 4.98 Å². The van der Waals surface area contributed by atoms with Gasteiger partial charge in [0, 0.05) is 17.5 Å². The topological polar surface area (TPSA) is 33.1 Å². The van der Waals surface area contributed by atoms with Crippen LogP contribution >= 0.6 is 45.3 Å². The Labute approximate surface area is 110 Å². The summed E-state index contributed by atoms with van der Waals surface area (Å²) in [7, 11) is 0. The predicted octanol–water partition coefficient (Wildman–Crippen LogP) is 3.39. The van der Waals surface area contributed by atoms with Crippen molar-refractivity contribution in [1.29, 1.82) is 0 Å². The standard InChI is InChI=1S/C10H10INOS2/c1-6-4-15-10(12-6)3-8(13)7-2-9(11)14-5-7/h2,4-5,8,13H,3H2,1H3. The summed E-state index contributed by atoms with van der Waals surface area (Å²) in [5, 5.41) is 15.0. The van der Waals surface area contributed by atoms with Crippen molar-refractivity contribution in [2.75, 3.05) is 0 Å². The Balaban J connectivity index is 2.06. The Hall–Kier alpha value is 0.0200. The summed E-state index contributed by atoms with van der Waals surface area (Å²) >= 11 is 5.53. The summed E-state index contributed by atoms with van der Waals surface area (Å²) < 4.78 is 1.21. The molecule has 0 saturated carbocycles. The summed E-state index contributed by atoms with van der Waals surface area (Å²) in [6, 6.07) is 2.02. The van der Waals surface area contributed by atoms with Gasteiger partial charge in [-0.1, -0.05) is 0 Å². The molecule has 15 heavy (non-hydrogen) atoms. The fourth-order valence-electron chi connectivity index (χ4n) is 1.28. The van der Waals surface area contributed by atoms with Gasteiger partial charge in [0.25, 0.3) is 0 Å². The smallest absolute Gasteiger partial charge is 0.0957 e. The fraction of sp³-hybridized carbons (Fsp3) is 0.300. The molecule has 2 nitrogen and oxygen atoms in total. The third-order valence-electron chi connectivity index (χ3n) is 2.01. The molecule has 0 aliphatic rings. The van der Waals surface area contributed by atoms with Crippen LogP contribution < -0.4 is 0 Å². The number of aliphatic hydroxyl groups is 1. The lowest BCUT2D eigenvalue weighted by Gasteiger charge is -2.05. The molecular formula is C10H10INOS2. The van der Waals surface area contributed by atoms with Gasteiger partial charge in [0.05, 0.1) is 14.0 Å². The summed E-state index contributed by atoms with van der Waals surface area (Å²) in [5.74, 6) is 0. The van der Waals surface area contributed by atoms with Gasteiger partial charge >= 0.3 is 0 Å². The van der Waals surface area contributed by atoms with Crippen molar-refractivity contribution in [3.05, 3.63) is 36.0 Å². The molecule has 2 aromatic rings. The molecule has 2 rings (SSSR count). The second kappa shape index (κ2) is 4.90. The van der Waals surface area contributed by atoms with Gasteiger partial charge in [-0.05, 0) is 46.5 Å². The van der Waals surface area contributed by atoms with Gasteiger partial charge in [0.2, 0.25) is 0 Å². The van der Waals surface area contributed by atoms with Crippen molar-refractivity contribution in [3.63, 3.8) is 0 Å². The third kappa shape index (κ3) is 2.99. The van der Waals surface area contributed by atoms with Crippen LogP contribution in [0.15, 0.2) is 16.8 Å². The van der Waals surface area contributed by atoms with E-state index < -0.39 is 6.10 Å². The number of hydrogen-bond acceptors (Lipinski definition) is 4. The first-order valence-corrected chi connectivity index (χ1v) is 7.32. The minimum atomic E-state index is -0.421. The molecule has 2 aromatic heterocycles. The molecule has 1 N–H and O–H groups in total.